The fourth-order valence-corrected chi connectivity index (χ4v) is 3.63. The van der Waals surface area contributed by atoms with Gasteiger partial charge in [-0.25, -0.2) is 4.98 Å². The van der Waals surface area contributed by atoms with Gasteiger partial charge in [0, 0.05) is 13.2 Å². The minimum Gasteiger partial charge on any atom is -0.493 e. The second kappa shape index (κ2) is 7.38. The Labute approximate surface area is 153 Å². The van der Waals surface area contributed by atoms with Gasteiger partial charge in [0.1, 0.15) is 11.9 Å². The number of benzene rings is 2. The Morgan fingerprint density at radius 3 is 2.73 bits per heavy atom. The van der Waals surface area contributed by atoms with Crippen molar-refractivity contribution in [1.29, 1.82) is 0 Å². The Morgan fingerprint density at radius 2 is 1.96 bits per heavy atom. The summed E-state index contributed by atoms with van der Waals surface area (Å²) in [5.74, 6) is 2.56. The molecule has 5 heteroatoms. The van der Waals surface area contributed by atoms with Crippen molar-refractivity contribution in [3.8, 4) is 11.5 Å². The molecule has 4 rings (SSSR count). The molecule has 1 atom stereocenters. The van der Waals surface area contributed by atoms with Crippen molar-refractivity contribution in [2.24, 2.45) is 0 Å². The Hall–Kier alpha value is -2.53. The lowest BCUT2D eigenvalue weighted by molar-refractivity contribution is 0.102. The first kappa shape index (κ1) is 16.9. The lowest BCUT2D eigenvalue weighted by Gasteiger charge is -2.14. The van der Waals surface area contributed by atoms with Crippen LogP contribution in [0.3, 0.4) is 0 Å². The van der Waals surface area contributed by atoms with E-state index in [4.69, 9.17) is 19.2 Å². The fraction of sp³-hybridized carbons (Fsp3) is 0.381. The highest BCUT2D eigenvalue weighted by molar-refractivity contribution is 5.76. The van der Waals surface area contributed by atoms with Crippen molar-refractivity contribution in [2.75, 3.05) is 20.8 Å². The van der Waals surface area contributed by atoms with Gasteiger partial charge in [0.2, 0.25) is 0 Å². The third-order valence-corrected chi connectivity index (χ3v) is 4.97. The second-order valence-electron chi connectivity index (χ2n) is 6.55. The number of aromatic nitrogens is 2. The van der Waals surface area contributed by atoms with Gasteiger partial charge in [0.05, 0.1) is 25.3 Å². The standard InChI is InChI=1S/C21H24N2O3/c1-24-18-10-9-15(14-20(18)25-2)11-12-23-17-7-4-3-6-16(17)22-21(23)19-8-5-13-26-19/h3-4,6-7,9-10,14,19H,5,8,11-13H2,1-2H3. The third kappa shape index (κ3) is 3.15. The molecule has 1 aliphatic rings. The highest BCUT2D eigenvalue weighted by Crippen LogP contribution is 2.31. The van der Waals surface area contributed by atoms with Crippen LogP contribution in [-0.2, 0) is 17.7 Å². The summed E-state index contributed by atoms with van der Waals surface area (Å²) in [6, 6.07) is 14.4. The van der Waals surface area contributed by atoms with E-state index in [1.54, 1.807) is 14.2 Å². The maximum Gasteiger partial charge on any atom is 0.160 e. The number of para-hydroxylation sites is 2. The first-order chi connectivity index (χ1) is 12.8. The van der Waals surface area contributed by atoms with Crippen LogP contribution in [0.15, 0.2) is 42.5 Å². The normalized spacial score (nSPS) is 16.9. The van der Waals surface area contributed by atoms with Crippen molar-refractivity contribution in [1.82, 2.24) is 9.55 Å². The highest BCUT2D eigenvalue weighted by atomic mass is 16.5. The summed E-state index contributed by atoms with van der Waals surface area (Å²) in [6.45, 7) is 1.68. The number of hydrogen-bond donors (Lipinski definition) is 0. The van der Waals surface area contributed by atoms with Crippen LogP contribution >= 0.6 is 0 Å². The van der Waals surface area contributed by atoms with Crippen LogP contribution in [0.4, 0.5) is 0 Å². The van der Waals surface area contributed by atoms with E-state index in [0.717, 1.165) is 55.3 Å². The number of imidazole rings is 1. The molecule has 0 N–H and O–H groups in total. The lowest BCUT2D eigenvalue weighted by atomic mass is 10.1. The molecule has 2 aromatic carbocycles. The molecule has 0 bridgehead atoms. The average Bonchev–Trinajstić information content (AvgIpc) is 3.33. The molecule has 2 heterocycles. The quantitative estimate of drug-likeness (QED) is 0.669. The van der Waals surface area contributed by atoms with Gasteiger partial charge in [-0.1, -0.05) is 18.2 Å². The van der Waals surface area contributed by atoms with Gasteiger partial charge in [-0.2, -0.15) is 0 Å². The molecule has 1 saturated heterocycles. The van der Waals surface area contributed by atoms with Gasteiger partial charge >= 0.3 is 0 Å². The zero-order chi connectivity index (χ0) is 17.9. The Morgan fingerprint density at radius 1 is 1.12 bits per heavy atom. The molecule has 0 spiro atoms. The summed E-state index contributed by atoms with van der Waals surface area (Å²) in [5.41, 5.74) is 3.41. The second-order valence-corrected chi connectivity index (χ2v) is 6.55. The van der Waals surface area contributed by atoms with Gasteiger partial charge in [-0.3, -0.25) is 0 Å². The van der Waals surface area contributed by atoms with Crippen LogP contribution in [0.5, 0.6) is 11.5 Å². The molecule has 136 valence electrons. The van der Waals surface area contributed by atoms with E-state index >= 15 is 0 Å². The van der Waals surface area contributed by atoms with E-state index in [-0.39, 0.29) is 6.10 Å². The topological polar surface area (TPSA) is 45.5 Å². The summed E-state index contributed by atoms with van der Waals surface area (Å²) in [6.07, 6.45) is 3.14. The minimum atomic E-state index is 0.104. The van der Waals surface area contributed by atoms with Crippen molar-refractivity contribution in [2.45, 2.75) is 31.9 Å². The number of aryl methyl sites for hydroxylation is 2. The lowest BCUT2D eigenvalue weighted by Crippen LogP contribution is -2.10. The molecule has 0 radical (unpaired) electrons. The molecule has 5 nitrogen and oxygen atoms in total. The summed E-state index contributed by atoms with van der Waals surface area (Å²) < 4.78 is 19.0. The van der Waals surface area contributed by atoms with Crippen LogP contribution in [0.2, 0.25) is 0 Å². The maximum absolute atomic E-state index is 5.91. The van der Waals surface area contributed by atoms with E-state index in [9.17, 15) is 0 Å². The Kier molecular flexibility index (Phi) is 4.80. The number of methoxy groups -OCH3 is 2. The van der Waals surface area contributed by atoms with Crippen molar-refractivity contribution in [3.05, 3.63) is 53.9 Å². The molecule has 1 unspecified atom stereocenters. The molecule has 1 fully saturated rings. The Bertz CT molecular complexity index is 897. The van der Waals surface area contributed by atoms with Crippen LogP contribution in [0, 0.1) is 0 Å². The summed E-state index contributed by atoms with van der Waals surface area (Å²) >= 11 is 0. The fourth-order valence-electron chi connectivity index (χ4n) is 3.63. The zero-order valence-electron chi connectivity index (χ0n) is 15.3. The van der Waals surface area contributed by atoms with E-state index in [1.165, 1.54) is 11.1 Å². The smallest absolute Gasteiger partial charge is 0.160 e. The molecule has 0 aliphatic carbocycles. The van der Waals surface area contributed by atoms with Crippen LogP contribution < -0.4 is 9.47 Å². The van der Waals surface area contributed by atoms with Crippen LogP contribution in [0.25, 0.3) is 11.0 Å². The minimum absolute atomic E-state index is 0.104. The molecule has 3 aromatic rings. The third-order valence-electron chi connectivity index (χ3n) is 4.97. The molecule has 0 saturated carbocycles. The highest BCUT2D eigenvalue weighted by Gasteiger charge is 2.24. The van der Waals surface area contributed by atoms with Crippen molar-refractivity contribution >= 4 is 11.0 Å². The molecule has 1 aliphatic heterocycles. The molecule has 0 amide bonds. The zero-order valence-corrected chi connectivity index (χ0v) is 15.3. The number of fused-ring (bicyclic) bond motifs is 1. The SMILES string of the molecule is COc1ccc(CCn2c(C3CCCO3)nc3ccccc32)cc1OC. The van der Waals surface area contributed by atoms with Crippen LogP contribution in [-0.4, -0.2) is 30.4 Å². The predicted molar refractivity (Wildman–Crippen MR) is 101 cm³/mol. The largest absolute Gasteiger partial charge is 0.493 e. The maximum atomic E-state index is 5.91. The molecule has 26 heavy (non-hydrogen) atoms. The van der Waals surface area contributed by atoms with Gasteiger partial charge in [0.15, 0.2) is 11.5 Å². The number of hydrogen-bond acceptors (Lipinski definition) is 4. The van der Waals surface area contributed by atoms with Crippen molar-refractivity contribution in [3.63, 3.8) is 0 Å². The van der Waals surface area contributed by atoms with E-state index in [1.807, 2.05) is 18.2 Å². The van der Waals surface area contributed by atoms with Gasteiger partial charge in [0.25, 0.3) is 0 Å². The van der Waals surface area contributed by atoms with Gasteiger partial charge in [-0.15, -0.1) is 0 Å². The first-order valence-electron chi connectivity index (χ1n) is 9.08. The summed E-state index contributed by atoms with van der Waals surface area (Å²) in [7, 11) is 3.32. The molecular weight excluding hydrogens is 328 g/mol. The summed E-state index contributed by atoms with van der Waals surface area (Å²) in [5, 5.41) is 0. The number of nitrogens with zero attached hydrogens (tertiary/aromatic N) is 2. The van der Waals surface area contributed by atoms with Gasteiger partial charge < -0.3 is 18.8 Å². The predicted octanol–water partition coefficient (Wildman–Crippen LogP) is 4.15. The number of ether oxygens (including phenoxy) is 3. The van der Waals surface area contributed by atoms with Gasteiger partial charge in [-0.05, 0) is 49.1 Å². The van der Waals surface area contributed by atoms with Crippen molar-refractivity contribution < 1.29 is 14.2 Å². The molecule has 1 aromatic heterocycles. The first-order valence-corrected chi connectivity index (χ1v) is 9.08. The molecular formula is C21H24N2O3. The summed E-state index contributed by atoms with van der Waals surface area (Å²) in [4.78, 5) is 4.86. The van der Waals surface area contributed by atoms with E-state index in [2.05, 4.69) is 28.8 Å². The van der Waals surface area contributed by atoms with E-state index in [0.29, 0.717) is 0 Å². The monoisotopic (exact) mass is 352 g/mol. The average molecular weight is 352 g/mol. The number of rotatable bonds is 6. The Balaban J connectivity index is 1.63. The van der Waals surface area contributed by atoms with Crippen LogP contribution in [0.1, 0.15) is 30.3 Å². The van der Waals surface area contributed by atoms with E-state index < -0.39 is 0 Å².